The molecule has 0 aromatic heterocycles. The summed E-state index contributed by atoms with van der Waals surface area (Å²) in [5.74, 6) is 0.122. The summed E-state index contributed by atoms with van der Waals surface area (Å²) in [6.45, 7) is 2.25. The third-order valence-corrected chi connectivity index (χ3v) is 3.63. The number of aliphatic carboxylic acids is 1. The predicted molar refractivity (Wildman–Crippen MR) is 65.8 cm³/mol. The number of carbonyl (C=O) groups is 2. The SMILES string of the molecule is CC1(C(=O)O)CC1CCOc1cccc(C=O)c1. The van der Waals surface area contributed by atoms with E-state index in [2.05, 4.69) is 0 Å². The van der Waals surface area contributed by atoms with E-state index < -0.39 is 11.4 Å². The van der Waals surface area contributed by atoms with E-state index in [0.29, 0.717) is 17.9 Å². The van der Waals surface area contributed by atoms with E-state index in [4.69, 9.17) is 9.84 Å². The largest absolute Gasteiger partial charge is 0.494 e. The molecule has 0 radical (unpaired) electrons. The van der Waals surface area contributed by atoms with Crippen molar-refractivity contribution >= 4 is 12.3 Å². The molecule has 4 heteroatoms. The summed E-state index contributed by atoms with van der Waals surface area (Å²) in [5, 5.41) is 8.99. The van der Waals surface area contributed by atoms with Crippen molar-refractivity contribution in [3.63, 3.8) is 0 Å². The van der Waals surface area contributed by atoms with Crippen molar-refractivity contribution in [1.82, 2.24) is 0 Å². The van der Waals surface area contributed by atoms with E-state index in [-0.39, 0.29) is 5.92 Å². The van der Waals surface area contributed by atoms with Gasteiger partial charge in [-0.2, -0.15) is 0 Å². The molecule has 4 nitrogen and oxygen atoms in total. The average molecular weight is 248 g/mol. The van der Waals surface area contributed by atoms with Gasteiger partial charge in [-0.25, -0.2) is 0 Å². The highest BCUT2D eigenvalue weighted by molar-refractivity contribution is 5.78. The Bertz CT molecular complexity index is 469. The number of rotatable bonds is 6. The van der Waals surface area contributed by atoms with Crippen molar-refractivity contribution in [2.75, 3.05) is 6.61 Å². The second-order valence-electron chi connectivity index (χ2n) is 4.95. The molecule has 1 aromatic rings. The quantitative estimate of drug-likeness (QED) is 0.785. The Kier molecular flexibility index (Phi) is 3.36. The van der Waals surface area contributed by atoms with Gasteiger partial charge in [0.05, 0.1) is 12.0 Å². The standard InChI is InChI=1S/C14H16O4/c1-14(13(16)17)8-11(14)5-6-18-12-4-2-3-10(7-12)9-15/h2-4,7,9,11H,5-6,8H2,1H3,(H,16,17). The van der Waals surface area contributed by atoms with Crippen molar-refractivity contribution in [2.45, 2.75) is 19.8 Å². The maximum atomic E-state index is 10.9. The third-order valence-electron chi connectivity index (χ3n) is 3.63. The van der Waals surface area contributed by atoms with Gasteiger partial charge in [-0.1, -0.05) is 12.1 Å². The highest BCUT2D eigenvalue weighted by Crippen LogP contribution is 2.54. The highest BCUT2D eigenvalue weighted by Gasteiger charge is 2.55. The fraction of sp³-hybridized carbons (Fsp3) is 0.429. The fourth-order valence-corrected chi connectivity index (χ4v) is 2.13. The molecule has 18 heavy (non-hydrogen) atoms. The Balaban J connectivity index is 1.80. The Labute approximate surface area is 106 Å². The number of hydrogen-bond donors (Lipinski definition) is 1. The van der Waals surface area contributed by atoms with Gasteiger partial charge >= 0.3 is 5.97 Å². The van der Waals surface area contributed by atoms with E-state index in [9.17, 15) is 9.59 Å². The molecular formula is C14H16O4. The van der Waals surface area contributed by atoms with Gasteiger partial charge in [0.25, 0.3) is 0 Å². The summed E-state index contributed by atoms with van der Waals surface area (Å²) in [6.07, 6.45) is 2.23. The third kappa shape index (κ3) is 2.53. The summed E-state index contributed by atoms with van der Waals surface area (Å²) in [4.78, 5) is 21.5. The number of carbonyl (C=O) groups excluding carboxylic acids is 1. The Hall–Kier alpha value is -1.84. The van der Waals surface area contributed by atoms with Crippen LogP contribution in [0.15, 0.2) is 24.3 Å². The number of carboxylic acid groups (broad SMARTS) is 1. The zero-order valence-electron chi connectivity index (χ0n) is 10.3. The van der Waals surface area contributed by atoms with Crippen LogP contribution < -0.4 is 4.74 Å². The first-order valence-corrected chi connectivity index (χ1v) is 5.97. The van der Waals surface area contributed by atoms with Gasteiger partial charge < -0.3 is 9.84 Å². The van der Waals surface area contributed by atoms with Gasteiger partial charge in [0.15, 0.2) is 0 Å². The molecule has 0 amide bonds. The molecule has 1 aromatic carbocycles. The van der Waals surface area contributed by atoms with Crippen molar-refractivity contribution in [1.29, 1.82) is 0 Å². The van der Waals surface area contributed by atoms with Gasteiger partial charge in [-0.05, 0) is 37.8 Å². The predicted octanol–water partition coefficient (Wildman–Crippen LogP) is 2.38. The van der Waals surface area contributed by atoms with E-state index in [1.165, 1.54) is 0 Å². The van der Waals surface area contributed by atoms with Crippen LogP contribution in [0, 0.1) is 11.3 Å². The lowest BCUT2D eigenvalue weighted by molar-refractivity contribution is -0.143. The van der Waals surface area contributed by atoms with Gasteiger partial charge in [-0.15, -0.1) is 0 Å². The van der Waals surface area contributed by atoms with Crippen LogP contribution in [0.4, 0.5) is 0 Å². The van der Waals surface area contributed by atoms with Crippen LogP contribution in [0.25, 0.3) is 0 Å². The molecule has 0 saturated heterocycles. The lowest BCUT2D eigenvalue weighted by Crippen LogP contribution is -2.14. The molecular weight excluding hydrogens is 232 g/mol. The van der Waals surface area contributed by atoms with Crippen LogP contribution in [-0.2, 0) is 4.79 Å². The molecule has 2 rings (SSSR count). The van der Waals surface area contributed by atoms with Crippen LogP contribution in [0.2, 0.25) is 0 Å². The number of benzene rings is 1. The van der Waals surface area contributed by atoms with Gasteiger partial charge in [-0.3, -0.25) is 9.59 Å². The average Bonchev–Trinajstić information content (AvgIpc) is 3.02. The fourth-order valence-electron chi connectivity index (χ4n) is 2.13. The topological polar surface area (TPSA) is 63.6 Å². The molecule has 1 aliphatic rings. The number of ether oxygens (including phenoxy) is 1. The van der Waals surface area contributed by atoms with Gasteiger partial charge in [0.2, 0.25) is 0 Å². The summed E-state index contributed by atoms with van der Waals surface area (Å²) in [5.41, 5.74) is 0.0165. The zero-order chi connectivity index (χ0) is 13.2. The minimum Gasteiger partial charge on any atom is -0.494 e. The minimum absolute atomic E-state index is 0.198. The van der Waals surface area contributed by atoms with Gasteiger partial charge in [0.1, 0.15) is 12.0 Å². The van der Waals surface area contributed by atoms with Crippen LogP contribution >= 0.6 is 0 Å². The monoisotopic (exact) mass is 248 g/mol. The maximum Gasteiger partial charge on any atom is 0.309 e. The molecule has 0 bridgehead atoms. The molecule has 1 N–H and O–H groups in total. The maximum absolute atomic E-state index is 10.9. The van der Waals surface area contributed by atoms with E-state index >= 15 is 0 Å². The van der Waals surface area contributed by atoms with E-state index in [1.807, 2.05) is 0 Å². The molecule has 0 spiro atoms. The summed E-state index contributed by atoms with van der Waals surface area (Å²) in [7, 11) is 0. The molecule has 1 aliphatic carbocycles. The molecule has 2 atom stereocenters. The second kappa shape index (κ2) is 4.80. The summed E-state index contributed by atoms with van der Waals surface area (Å²) < 4.78 is 5.52. The van der Waals surface area contributed by atoms with Crippen LogP contribution in [0.3, 0.4) is 0 Å². The first-order chi connectivity index (χ1) is 8.56. The molecule has 1 fully saturated rings. The first-order valence-electron chi connectivity index (χ1n) is 5.97. The van der Waals surface area contributed by atoms with Crippen molar-refractivity contribution in [3.05, 3.63) is 29.8 Å². The highest BCUT2D eigenvalue weighted by atomic mass is 16.5. The van der Waals surface area contributed by atoms with Crippen molar-refractivity contribution < 1.29 is 19.4 Å². The zero-order valence-corrected chi connectivity index (χ0v) is 10.3. The Morgan fingerprint density at radius 3 is 3.00 bits per heavy atom. The second-order valence-corrected chi connectivity index (χ2v) is 4.95. The molecule has 1 saturated carbocycles. The van der Waals surface area contributed by atoms with E-state index in [1.54, 1.807) is 31.2 Å². The Morgan fingerprint density at radius 2 is 2.39 bits per heavy atom. The lowest BCUT2D eigenvalue weighted by Gasteiger charge is -2.07. The molecule has 96 valence electrons. The smallest absolute Gasteiger partial charge is 0.309 e. The Morgan fingerprint density at radius 1 is 1.61 bits per heavy atom. The number of aldehydes is 1. The molecule has 2 unspecified atom stereocenters. The lowest BCUT2D eigenvalue weighted by atomic mass is 10.1. The van der Waals surface area contributed by atoms with E-state index in [0.717, 1.165) is 19.1 Å². The van der Waals surface area contributed by atoms with Crippen LogP contribution in [0.1, 0.15) is 30.1 Å². The number of hydrogen-bond acceptors (Lipinski definition) is 3. The minimum atomic E-state index is -0.726. The normalized spacial score (nSPS) is 25.5. The summed E-state index contributed by atoms with van der Waals surface area (Å²) in [6, 6.07) is 6.94. The van der Waals surface area contributed by atoms with Gasteiger partial charge in [0, 0.05) is 5.56 Å². The summed E-state index contributed by atoms with van der Waals surface area (Å²) >= 11 is 0. The van der Waals surface area contributed by atoms with Crippen molar-refractivity contribution in [3.8, 4) is 5.75 Å². The number of carboxylic acids is 1. The van der Waals surface area contributed by atoms with Crippen molar-refractivity contribution in [2.24, 2.45) is 11.3 Å². The van der Waals surface area contributed by atoms with Crippen LogP contribution in [0.5, 0.6) is 5.75 Å². The molecule has 0 aliphatic heterocycles. The first kappa shape index (κ1) is 12.6. The van der Waals surface area contributed by atoms with Crippen LogP contribution in [-0.4, -0.2) is 24.0 Å². The molecule has 0 heterocycles.